The molecule has 0 aromatic carbocycles. The van der Waals surface area contributed by atoms with Crippen molar-refractivity contribution >= 4 is 0 Å². The maximum atomic E-state index is 15.5. The van der Waals surface area contributed by atoms with Gasteiger partial charge in [-0.25, -0.2) is 13.2 Å². The molecule has 162 valence electrons. The normalized spacial score (nSPS) is 30.7. The summed E-state index contributed by atoms with van der Waals surface area (Å²) in [7, 11) is 0. The predicted molar refractivity (Wildman–Crippen MR) is 69.6 cm³/mol. The van der Waals surface area contributed by atoms with Gasteiger partial charge in [-0.1, -0.05) is 27.7 Å². The van der Waals surface area contributed by atoms with Gasteiger partial charge in [0.1, 0.15) is 0 Å². The molecule has 13 heteroatoms. The standard InChI is InChI=1S/C14H18F10O3/c1-7(2,11(17,18)9(5,15)16)8(3,4)12(19)10(6,25-13(20,21)22)26-14(23,24)27-12/h1-6H3. The zero-order valence-corrected chi connectivity index (χ0v) is 15.0. The van der Waals surface area contributed by atoms with Gasteiger partial charge < -0.3 is 0 Å². The smallest absolute Gasteiger partial charge is 0.257 e. The van der Waals surface area contributed by atoms with Crippen molar-refractivity contribution in [2.75, 3.05) is 0 Å². The lowest BCUT2D eigenvalue weighted by Gasteiger charge is -2.54. The van der Waals surface area contributed by atoms with E-state index in [-0.39, 0.29) is 13.8 Å². The van der Waals surface area contributed by atoms with E-state index in [9.17, 15) is 39.5 Å². The third-order valence-corrected chi connectivity index (χ3v) is 5.17. The van der Waals surface area contributed by atoms with Gasteiger partial charge in [-0.2, -0.15) is 8.78 Å². The summed E-state index contributed by atoms with van der Waals surface area (Å²) in [5.41, 5.74) is -6.38. The number of hydrogen-bond acceptors (Lipinski definition) is 3. The molecule has 1 rings (SSSR count). The van der Waals surface area contributed by atoms with E-state index in [1.54, 1.807) is 0 Å². The minimum atomic E-state index is -5.76. The first-order valence-corrected chi connectivity index (χ1v) is 7.36. The lowest BCUT2D eigenvalue weighted by molar-refractivity contribution is -0.453. The fourth-order valence-electron chi connectivity index (χ4n) is 2.92. The maximum absolute atomic E-state index is 15.5. The fraction of sp³-hybridized carbons (Fsp3) is 1.00. The number of halogens is 10. The molecule has 1 aliphatic rings. The summed E-state index contributed by atoms with van der Waals surface area (Å²) >= 11 is 0. The molecule has 2 unspecified atom stereocenters. The fourth-order valence-corrected chi connectivity index (χ4v) is 2.92. The SMILES string of the molecule is CC(F)(F)C(F)(F)C(C)(C)C(C)(C)C1(F)OC(F)(F)OC1(C)OC(F)(F)F. The Hall–Kier alpha value is -0.820. The summed E-state index contributed by atoms with van der Waals surface area (Å²) in [5.74, 6) is -18.3. The van der Waals surface area contributed by atoms with Crippen molar-refractivity contribution in [2.45, 2.75) is 77.7 Å². The van der Waals surface area contributed by atoms with E-state index < -0.39 is 47.0 Å². The molecule has 0 amide bonds. The molecule has 2 atom stereocenters. The molecule has 1 heterocycles. The van der Waals surface area contributed by atoms with Crippen LogP contribution in [0.5, 0.6) is 0 Å². The monoisotopic (exact) mass is 424 g/mol. The van der Waals surface area contributed by atoms with Crippen molar-refractivity contribution in [3.63, 3.8) is 0 Å². The van der Waals surface area contributed by atoms with Crippen molar-refractivity contribution in [3.05, 3.63) is 0 Å². The Morgan fingerprint density at radius 2 is 1.15 bits per heavy atom. The summed E-state index contributed by atoms with van der Waals surface area (Å²) < 4.78 is 146. The first kappa shape index (κ1) is 24.2. The van der Waals surface area contributed by atoms with Crippen LogP contribution >= 0.6 is 0 Å². The van der Waals surface area contributed by atoms with Gasteiger partial charge in [0.05, 0.1) is 0 Å². The lowest BCUT2D eigenvalue weighted by atomic mass is 9.58. The number of rotatable bonds is 5. The van der Waals surface area contributed by atoms with Gasteiger partial charge in [0.25, 0.3) is 5.85 Å². The van der Waals surface area contributed by atoms with Gasteiger partial charge in [0.2, 0.25) is 5.79 Å². The summed E-state index contributed by atoms with van der Waals surface area (Å²) in [6.07, 6.45) is -10.8. The molecular weight excluding hydrogens is 406 g/mol. The van der Waals surface area contributed by atoms with Gasteiger partial charge in [-0.05, 0) is 6.92 Å². The maximum Gasteiger partial charge on any atom is 0.525 e. The molecule has 1 fully saturated rings. The van der Waals surface area contributed by atoms with E-state index in [1.807, 2.05) is 0 Å². The summed E-state index contributed by atoms with van der Waals surface area (Å²) in [5, 5.41) is 0. The molecule has 0 spiro atoms. The molecule has 0 N–H and O–H groups in total. The topological polar surface area (TPSA) is 27.7 Å². The van der Waals surface area contributed by atoms with E-state index >= 15 is 4.39 Å². The van der Waals surface area contributed by atoms with Gasteiger partial charge in [-0.3, -0.25) is 14.2 Å². The Kier molecular flexibility index (Phi) is 5.24. The van der Waals surface area contributed by atoms with Crippen LogP contribution < -0.4 is 0 Å². The van der Waals surface area contributed by atoms with E-state index in [0.29, 0.717) is 27.7 Å². The molecule has 0 radical (unpaired) electrons. The molecule has 0 saturated carbocycles. The second-order valence-corrected chi connectivity index (χ2v) is 7.47. The van der Waals surface area contributed by atoms with Gasteiger partial charge in [0, 0.05) is 17.8 Å². The Morgan fingerprint density at radius 3 is 1.48 bits per heavy atom. The van der Waals surface area contributed by atoms with Crippen molar-refractivity contribution in [2.24, 2.45) is 10.8 Å². The Bertz CT molecular complexity index is 581. The van der Waals surface area contributed by atoms with Crippen LogP contribution in [0.3, 0.4) is 0 Å². The number of alkyl halides is 10. The highest BCUT2D eigenvalue weighted by molar-refractivity contribution is 5.11. The van der Waals surface area contributed by atoms with Crippen LogP contribution in [0.4, 0.5) is 43.9 Å². The minimum Gasteiger partial charge on any atom is -0.257 e. The summed E-state index contributed by atoms with van der Waals surface area (Å²) in [4.78, 5) is 0. The van der Waals surface area contributed by atoms with E-state index in [4.69, 9.17) is 0 Å². The summed E-state index contributed by atoms with van der Waals surface area (Å²) in [6, 6.07) is 0. The number of ether oxygens (including phenoxy) is 3. The molecule has 1 saturated heterocycles. The van der Waals surface area contributed by atoms with Gasteiger partial charge >= 0.3 is 24.5 Å². The largest absolute Gasteiger partial charge is 0.525 e. The summed E-state index contributed by atoms with van der Waals surface area (Å²) in [6.45, 7) is 1.44. The molecule has 0 bridgehead atoms. The van der Waals surface area contributed by atoms with Crippen LogP contribution in [0.2, 0.25) is 0 Å². The minimum absolute atomic E-state index is 0.0431. The molecule has 0 aromatic rings. The van der Waals surface area contributed by atoms with Crippen LogP contribution in [0.25, 0.3) is 0 Å². The van der Waals surface area contributed by atoms with Crippen molar-refractivity contribution in [1.29, 1.82) is 0 Å². The lowest BCUT2D eigenvalue weighted by Crippen LogP contribution is -2.68. The second kappa shape index (κ2) is 5.85. The quantitative estimate of drug-likeness (QED) is 0.519. The average molecular weight is 424 g/mol. The Labute approximate surface area is 147 Å². The van der Waals surface area contributed by atoms with E-state index in [1.165, 1.54) is 0 Å². The molecule has 0 aliphatic carbocycles. The average Bonchev–Trinajstić information content (AvgIpc) is 2.50. The molecular formula is C14H18F10O3. The third-order valence-electron chi connectivity index (χ3n) is 5.17. The third kappa shape index (κ3) is 3.50. The zero-order valence-electron chi connectivity index (χ0n) is 15.0. The van der Waals surface area contributed by atoms with Crippen LogP contribution in [-0.2, 0) is 14.2 Å². The van der Waals surface area contributed by atoms with Crippen LogP contribution in [0.1, 0.15) is 41.5 Å². The van der Waals surface area contributed by atoms with Crippen LogP contribution in [0, 0.1) is 10.8 Å². The molecule has 0 aromatic heterocycles. The highest BCUT2D eigenvalue weighted by Gasteiger charge is 2.82. The molecule has 3 nitrogen and oxygen atoms in total. The van der Waals surface area contributed by atoms with E-state index in [0.717, 1.165) is 0 Å². The van der Waals surface area contributed by atoms with Gasteiger partial charge in [0.15, 0.2) is 0 Å². The molecule has 1 aliphatic heterocycles. The van der Waals surface area contributed by atoms with E-state index in [2.05, 4.69) is 14.2 Å². The van der Waals surface area contributed by atoms with Crippen LogP contribution in [0.15, 0.2) is 0 Å². The van der Waals surface area contributed by atoms with Crippen molar-refractivity contribution in [3.8, 4) is 0 Å². The predicted octanol–water partition coefficient (Wildman–Crippen LogP) is 5.84. The number of hydrogen-bond donors (Lipinski definition) is 0. The zero-order chi connectivity index (χ0) is 22.1. The van der Waals surface area contributed by atoms with Gasteiger partial charge in [-0.15, -0.1) is 22.0 Å². The Balaban J connectivity index is 3.65. The van der Waals surface area contributed by atoms with Crippen LogP contribution in [-0.4, -0.2) is 36.1 Å². The Morgan fingerprint density at radius 1 is 0.741 bits per heavy atom. The van der Waals surface area contributed by atoms with Crippen molar-refractivity contribution < 1.29 is 58.1 Å². The molecule has 27 heavy (non-hydrogen) atoms. The van der Waals surface area contributed by atoms with Crippen molar-refractivity contribution in [1.82, 2.24) is 0 Å². The highest BCUT2D eigenvalue weighted by atomic mass is 19.4. The second-order valence-electron chi connectivity index (χ2n) is 7.47. The first-order chi connectivity index (χ1) is 11.4. The first-order valence-electron chi connectivity index (χ1n) is 7.36. The highest BCUT2D eigenvalue weighted by Crippen LogP contribution is 2.66.